The Labute approximate surface area is 206 Å². The molecular formula is C23H26FN7O3S. The fourth-order valence-electron chi connectivity index (χ4n) is 4.64. The molecule has 5 rings (SSSR count). The third-order valence-electron chi connectivity index (χ3n) is 6.40. The second kappa shape index (κ2) is 9.42. The van der Waals surface area contributed by atoms with Crippen LogP contribution in [0, 0.1) is 13.8 Å². The minimum Gasteiger partial charge on any atom is -0.496 e. The van der Waals surface area contributed by atoms with Crippen LogP contribution in [0.5, 0.6) is 5.75 Å². The highest BCUT2D eigenvalue weighted by molar-refractivity contribution is 7.97. The lowest BCUT2D eigenvalue weighted by Gasteiger charge is -2.34. The van der Waals surface area contributed by atoms with Gasteiger partial charge in [-0.05, 0) is 49.4 Å². The van der Waals surface area contributed by atoms with Gasteiger partial charge in [0.05, 0.1) is 18.5 Å². The number of alkyl halides is 1. The zero-order valence-corrected chi connectivity index (χ0v) is 20.5. The molecule has 1 aromatic heterocycles. The first kappa shape index (κ1) is 23.5. The number of carbonyl (C=O) groups is 1. The van der Waals surface area contributed by atoms with Gasteiger partial charge in [-0.3, -0.25) is 15.2 Å². The van der Waals surface area contributed by atoms with E-state index in [-0.39, 0.29) is 12.4 Å². The van der Waals surface area contributed by atoms with Crippen molar-refractivity contribution in [2.75, 3.05) is 26.7 Å². The van der Waals surface area contributed by atoms with Gasteiger partial charge in [0.1, 0.15) is 24.2 Å². The van der Waals surface area contributed by atoms with Crippen LogP contribution in [0.2, 0.25) is 0 Å². The lowest BCUT2D eigenvalue weighted by atomic mass is 10.1. The molecule has 0 radical (unpaired) electrons. The number of nitrogens with one attached hydrogen (secondary N) is 1. The molecule has 0 unspecified atom stereocenters. The number of aromatic nitrogens is 4. The number of amides is 1. The van der Waals surface area contributed by atoms with Crippen LogP contribution in [-0.4, -0.2) is 74.8 Å². The molecule has 184 valence electrons. The average molecular weight is 500 g/mol. The van der Waals surface area contributed by atoms with Gasteiger partial charge in [-0.1, -0.05) is 0 Å². The predicted octanol–water partition coefficient (Wildman–Crippen LogP) is 2.82. The smallest absolute Gasteiger partial charge is 0.410 e. The molecule has 1 fully saturated rings. The highest BCUT2D eigenvalue weighted by Crippen LogP contribution is 2.38. The van der Waals surface area contributed by atoms with Crippen LogP contribution < -0.4 is 10.1 Å². The second-order valence-electron chi connectivity index (χ2n) is 8.78. The van der Waals surface area contributed by atoms with E-state index < -0.39 is 12.3 Å². The van der Waals surface area contributed by atoms with E-state index in [4.69, 9.17) is 9.84 Å². The number of rotatable bonds is 6. The van der Waals surface area contributed by atoms with Crippen LogP contribution in [0.1, 0.15) is 33.6 Å². The standard InChI is InChI=1S/C23H26FN7O3S/c1-12-7-25-18(13(2)21(12)34-3)10-31-27-17-6-14(4-5-30-8-15(24)9-30)16-11-35-29-22(26-23(32)33)20(28-31)19(16)17/h6-7,15H,4-5,8-11H2,1-3H3,(H,26,29)(H,32,33). The number of aryl methyl sites for hydroxylation is 1. The highest BCUT2D eigenvalue weighted by atomic mass is 32.2. The van der Waals surface area contributed by atoms with E-state index in [1.807, 2.05) is 19.9 Å². The molecule has 0 saturated carbocycles. The number of hydrogen-bond acceptors (Lipinski definition) is 8. The molecule has 3 aliphatic heterocycles. The summed E-state index contributed by atoms with van der Waals surface area (Å²) in [5.74, 6) is 1.51. The quantitative estimate of drug-likeness (QED) is 0.497. The van der Waals surface area contributed by atoms with Gasteiger partial charge in [-0.25, -0.2) is 9.18 Å². The Morgan fingerprint density at radius 2 is 2.14 bits per heavy atom. The Balaban J connectivity index is 1.55. The van der Waals surface area contributed by atoms with Crippen molar-refractivity contribution in [3.8, 4) is 17.0 Å². The minimum atomic E-state index is -1.21. The molecule has 1 aromatic rings. The van der Waals surface area contributed by atoms with Crippen molar-refractivity contribution >= 4 is 23.9 Å². The molecule has 35 heavy (non-hydrogen) atoms. The maximum absolute atomic E-state index is 13.2. The Morgan fingerprint density at radius 1 is 1.34 bits per heavy atom. The molecule has 1 aliphatic carbocycles. The van der Waals surface area contributed by atoms with Crippen LogP contribution in [0.3, 0.4) is 0 Å². The van der Waals surface area contributed by atoms with E-state index in [1.54, 1.807) is 13.3 Å². The Hall–Kier alpha value is -3.25. The van der Waals surface area contributed by atoms with Crippen LogP contribution in [0.25, 0.3) is 11.3 Å². The number of likely N-dealkylation sites (tertiary alicyclic amines) is 1. The number of halogens is 1. The molecule has 1 amide bonds. The van der Waals surface area contributed by atoms with Crippen LogP contribution >= 0.6 is 11.9 Å². The zero-order chi connectivity index (χ0) is 24.7. The highest BCUT2D eigenvalue weighted by Gasteiger charge is 2.30. The van der Waals surface area contributed by atoms with Gasteiger partial charge < -0.3 is 9.84 Å². The summed E-state index contributed by atoms with van der Waals surface area (Å²) in [6, 6.07) is 2.03. The first-order valence-electron chi connectivity index (χ1n) is 11.3. The first-order chi connectivity index (χ1) is 16.8. The van der Waals surface area contributed by atoms with Crippen LogP contribution in [-0.2, 0) is 18.7 Å². The lowest BCUT2D eigenvalue weighted by Crippen LogP contribution is -2.48. The number of nitrogens with zero attached hydrogens (tertiary/aromatic N) is 6. The molecule has 2 N–H and O–H groups in total. The monoisotopic (exact) mass is 499 g/mol. The number of carboxylic acid groups (broad SMARTS) is 1. The van der Waals surface area contributed by atoms with Crippen molar-refractivity contribution < 1.29 is 19.0 Å². The fraction of sp³-hybridized carbons (Fsp3) is 0.435. The van der Waals surface area contributed by atoms with Gasteiger partial charge in [-0.15, -0.1) is 0 Å². The van der Waals surface area contributed by atoms with Crippen molar-refractivity contribution in [3.63, 3.8) is 0 Å². The van der Waals surface area contributed by atoms with E-state index in [0.717, 1.165) is 52.2 Å². The number of ether oxygens (including phenoxy) is 1. The molecule has 10 nitrogen and oxygen atoms in total. The topological polar surface area (TPSA) is 118 Å². The number of amidine groups is 1. The predicted molar refractivity (Wildman–Crippen MR) is 130 cm³/mol. The molecule has 0 atom stereocenters. The Bertz CT molecular complexity index is 1290. The van der Waals surface area contributed by atoms with Crippen molar-refractivity contribution in [3.05, 3.63) is 45.9 Å². The van der Waals surface area contributed by atoms with Gasteiger partial charge in [0.15, 0.2) is 5.84 Å². The molecule has 0 spiro atoms. The van der Waals surface area contributed by atoms with Gasteiger partial charge >= 0.3 is 6.09 Å². The van der Waals surface area contributed by atoms with E-state index >= 15 is 0 Å². The maximum Gasteiger partial charge on any atom is 0.410 e. The summed E-state index contributed by atoms with van der Waals surface area (Å²) < 4.78 is 23.2. The van der Waals surface area contributed by atoms with Gasteiger partial charge in [-0.2, -0.15) is 19.4 Å². The van der Waals surface area contributed by atoms with E-state index in [0.29, 0.717) is 30.2 Å². The fourth-order valence-corrected chi connectivity index (χ4v) is 5.42. The Kier molecular flexibility index (Phi) is 6.32. The van der Waals surface area contributed by atoms with Crippen molar-refractivity contribution in [2.24, 2.45) is 4.40 Å². The SMILES string of the molecule is COc1c(C)cnc(Cn2nc3cc(CCN4CC(F)C4)c4c-3c(n2)C(NC(=O)O)=NSC4)c1C. The summed E-state index contributed by atoms with van der Waals surface area (Å²) in [5, 5.41) is 21.2. The van der Waals surface area contributed by atoms with E-state index in [1.165, 1.54) is 16.7 Å². The summed E-state index contributed by atoms with van der Waals surface area (Å²) in [4.78, 5) is 19.6. The van der Waals surface area contributed by atoms with Gasteiger partial charge in [0.2, 0.25) is 0 Å². The number of methoxy groups -OCH3 is 1. The third kappa shape index (κ3) is 4.55. The molecule has 0 aromatic carbocycles. The minimum absolute atomic E-state index is 0.175. The zero-order valence-electron chi connectivity index (χ0n) is 19.7. The Morgan fingerprint density at radius 3 is 2.86 bits per heavy atom. The summed E-state index contributed by atoms with van der Waals surface area (Å²) in [6.45, 7) is 5.85. The van der Waals surface area contributed by atoms with Crippen LogP contribution in [0.4, 0.5) is 9.18 Å². The van der Waals surface area contributed by atoms with Crippen LogP contribution in [0.15, 0.2) is 16.7 Å². The van der Waals surface area contributed by atoms with Gasteiger partial charge in [0, 0.05) is 48.3 Å². The summed E-state index contributed by atoms with van der Waals surface area (Å²) >= 11 is 1.27. The van der Waals surface area contributed by atoms with E-state index in [2.05, 4.69) is 24.7 Å². The lowest BCUT2D eigenvalue weighted by molar-refractivity contribution is 0.0670. The number of pyridine rings is 1. The van der Waals surface area contributed by atoms with Crippen molar-refractivity contribution in [1.82, 2.24) is 30.2 Å². The summed E-state index contributed by atoms with van der Waals surface area (Å²) in [7, 11) is 1.63. The van der Waals surface area contributed by atoms with Crippen molar-refractivity contribution in [1.29, 1.82) is 0 Å². The normalized spacial score (nSPS) is 16.1. The largest absolute Gasteiger partial charge is 0.496 e. The van der Waals surface area contributed by atoms with Gasteiger partial charge in [0.25, 0.3) is 0 Å². The maximum atomic E-state index is 13.2. The summed E-state index contributed by atoms with van der Waals surface area (Å²) in [5.41, 5.74) is 6.67. The molecule has 0 bridgehead atoms. The molecule has 1 saturated heterocycles. The second-order valence-corrected chi connectivity index (χ2v) is 9.51. The molecule has 4 heterocycles. The molecular weight excluding hydrogens is 473 g/mol. The average Bonchev–Trinajstić information content (AvgIpc) is 3.03. The third-order valence-corrected chi connectivity index (χ3v) is 7.13. The number of hydrogen-bond donors (Lipinski definition) is 2. The van der Waals surface area contributed by atoms with E-state index in [9.17, 15) is 14.3 Å². The summed E-state index contributed by atoms with van der Waals surface area (Å²) in [6.07, 6.45) is 0.548. The first-order valence-corrected chi connectivity index (χ1v) is 12.2. The van der Waals surface area contributed by atoms with Crippen molar-refractivity contribution in [2.45, 2.75) is 38.7 Å². The molecule has 4 aliphatic rings. The molecule has 12 heteroatoms.